The number of hydrogen-bond acceptors (Lipinski definition) is 4. The van der Waals surface area contributed by atoms with Gasteiger partial charge in [0.05, 0.1) is 5.56 Å². The first-order chi connectivity index (χ1) is 8.31. The van der Waals surface area contributed by atoms with E-state index in [0.29, 0.717) is 23.1 Å². The van der Waals surface area contributed by atoms with Crippen molar-refractivity contribution in [3.63, 3.8) is 0 Å². The smallest absolute Gasteiger partial charge is 0.233 e. The molecule has 1 aliphatic rings. The first-order valence-electron chi connectivity index (χ1n) is 5.71. The summed E-state index contributed by atoms with van der Waals surface area (Å²) in [6.07, 6.45) is 4.07. The van der Waals surface area contributed by atoms with Gasteiger partial charge in [-0.1, -0.05) is 11.6 Å². The fourth-order valence-electron chi connectivity index (χ4n) is 1.89. The lowest BCUT2D eigenvalue weighted by molar-refractivity contribution is 0.232. The maximum atomic E-state index is 8.81. The zero-order valence-corrected chi connectivity index (χ0v) is 10.3. The van der Waals surface area contributed by atoms with E-state index in [1.54, 1.807) is 6.07 Å². The number of rotatable bonds is 4. The van der Waals surface area contributed by atoms with Crippen LogP contribution in [0.1, 0.15) is 18.4 Å². The van der Waals surface area contributed by atoms with E-state index in [1.165, 1.54) is 19.0 Å². The van der Waals surface area contributed by atoms with E-state index in [2.05, 4.69) is 9.88 Å². The topological polar surface area (TPSA) is 49.1 Å². The average Bonchev–Trinajstić information content (AvgIpc) is 2.84. The monoisotopic (exact) mass is 251 g/mol. The second kappa shape index (κ2) is 5.85. The van der Waals surface area contributed by atoms with Gasteiger partial charge in [-0.05, 0) is 32.0 Å². The highest BCUT2D eigenvalue weighted by Crippen LogP contribution is 2.24. The molecule has 4 nitrogen and oxygen atoms in total. The van der Waals surface area contributed by atoms with E-state index in [-0.39, 0.29) is 0 Å². The van der Waals surface area contributed by atoms with Gasteiger partial charge in [-0.3, -0.25) is 4.90 Å². The number of nitriles is 1. The number of nitrogens with zero attached hydrogens (tertiary/aromatic N) is 3. The molecule has 1 aromatic rings. The number of likely N-dealkylation sites (tertiary alicyclic amines) is 1. The molecule has 1 aliphatic heterocycles. The van der Waals surface area contributed by atoms with Gasteiger partial charge in [-0.25, -0.2) is 4.98 Å². The predicted molar refractivity (Wildman–Crippen MR) is 65.1 cm³/mol. The van der Waals surface area contributed by atoms with E-state index in [0.717, 1.165) is 19.6 Å². The van der Waals surface area contributed by atoms with Crippen molar-refractivity contribution in [2.45, 2.75) is 12.8 Å². The van der Waals surface area contributed by atoms with E-state index in [1.807, 2.05) is 6.07 Å². The lowest BCUT2D eigenvalue weighted by atomic mass is 10.3. The van der Waals surface area contributed by atoms with Crippen molar-refractivity contribution < 1.29 is 4.74 Å². The Bertz CT molecular complexity index is 424. The van der Waals surface area contributed by atoms with Gasteiger partial charge in [-0.2, -0.15) is 5.26 Å². The molecule has 0 radical (unpaired) electrons. The molecule has 0 aliphatic carbocycles. The van der Waals surface area contributed by atoms with Crippen LogP contribution < -0.4 is 4.74 Å². The van der Waals surface area contributed by atoms with Crippen molar-refractivity contribution in [2.24, 2.45) is 0 Å². The van der Waals surface area contributed by atoms with Gasteiger partial charge >= 0.3 is 0 Å². The summed E-state index contributed by atoms with van der Waals surface area (Å²) in [5.74, 6) is 0.352. The molecular weight excluding hydrogens is 238 g/mol. The predicted octanol–water partition coefficient (Wildman–Crippen LogP) is 2.08. The maximum Gasteiger partial charge on any atom is 0.233 e. The molecule has 0 unspecified atom stereocenters. The lowest BCUT2D eigenvalue weighted by Crippen LogP contribution is -2.25. The van der Waals surface area contributed by atoms with Crippen molar-refractivity contribution in [3.05, 3.63) is 22.8 Å². The van der Waals surface area contributed by atoms with Gasteiger partial charge in [0, 0.05) is 12.7 Å². The third-order valence-electron chi connectivity index (χ3n) is 2.82. The molecule has 0 N–H and O–H groups in total. The molecule has 5 heteroatoms. The van der Waals surface area contributed by atoms with E-state index >= 15 is 0 Å². The third kappa shape index (κ3) is 3.09. The van der Waals surface area contributed by atoms with Crippen LogP contribution in [0.2, 0.25) is 5.02 Å². The molecule has 2 heterocycles. The van der Waals surface area contributed by atoms with Crippen molar-refractivity contribution in [1.82, 2.24) is 9.88 Å². The molecule has 0 spiro atoms. The van der Waals surface area contributed by atoms with Gasteiger partial charge < -0.3 is 4.74 Å². The molecule has 0 aromatic carbocycles. The van der Waals surface area contributed by atoms with Crippen LogP contribution in [0.5, 0.6) is 5.88 Å². The number of halogens is 1. The highest BCUT2D eigenvalue weighted by atomic mass is 35.5. The number of aromatic nitrogens is 1. The number of ether oxygens (including phenoxy) is 1. The Balaban J connectivity index is 1.88. The maximum absolute atomic E-state index is 8.81. The molecule has 1 saturated heterocycles. The van der Waals surface area contributed by atoms with Crippen LogP contribution in [-0.2, 0) is 0 Å². The average molecular weight is 252 g/mol. The van der Waals surface area contributed by atoms with E-state index in [4.69, 9.17) is 21.6 Å². The number of hydrogen-bond donors (Lipinski definition) is 0. The molecule has 17 heavy (non-hydrogen) atoms. The molecule has 1 aromatic heterocycles. The standard InChI is InChI=1S/C12H14ClN3O/c13-11-10(9-14)3-4-15-12(11)17-8-7-16-5-1-2-6-16/h3-4H,1-2,5-8H2. The summed E-state index contributed by atoms with van der Waals surface area (Å²) in [6, 6.07) is 3.58. The molecule has 2 rings (SSSR count). The van der Waals surface area contributed by atoms with Crippen LogP contribution in [-0.4, -0.2) is 36.1 Å². The van der Waals surface area contributed by atoms with Crippen LogP contribution >= 0.6 is 11.6 Å². The minimum Gasteiger partial charge on any atom is -0.475 e. The minimum absolute atomic E-state index is 0.302. The minimum atomic E-state index is 0.302. The number of pyridine rings is 1. The van der Waals surface area contributed by atoms with E-state index < -0.39 is 0 Å². The highest BCUT2D eigenvalue weighted by molar-refractivity contribution is 6.32. The molecule has 90 valence electrons. The Morgan fingerprint density at radius 2 is 2.24 bits per heavy atom. The van der Waals surface area contributed by atoms with Gasteiger partial charge in [0.15, 0.2) is 0 Å². The molecule has 0 saturated carbocycles. The summed E-state index contributed by atoms with van der Waals surface area (Å²) in [7, 11) is 0. The van der Waals surface area contributed by atoms with Crippen LogP contribution in [0.4, 0.5) is 0 Å². The zero-order valence-electron chi connectivity index (χ0n) is 9.53. The third-order valence-corrected chi connectivity index (χ3v) is 3.19. The van der Waals surface area contributed by atoms with Crippen LogP contribution in [0.25, 0.3) is 0 Å². The first kappa shape index (κ1) is 12.2. The Kier molecular flexibility index (Phi) is 4.18. The van der Waals surface area contributed by atoms with Gasteiger partial charge in [-0.15, -0.1) is 0 Å². The first-order valence-corrected chi connectivity index (χ1v) is 6.09. The molecule has 1 fully saturated rings. The quantitative estimate of drug-likeness (QED) is 0.822. The second-order valence-corrected chi connectivity index (χ2v) is 4.36. The van der Waals surface area contributed by atoms with Crippen LogP contribution in [0.15, 0.2) is 12.3 Å². The summed E-state index contributed by atoms with van der Waals surface area (Å²) in [5, 5.41) is 9.12. The molecular formula is C12H14ClN3O. The van der Waals surface area contributed by atoms with Gasteiger partial charge in [0.1, 0.15) is 17.7 Å². The largest absolute Gasteiger partial charge is 0.475 e. The summed E-state index contributed by atoms with van der Waals surface area (Å²) in [6.45, 7) is 3.72. The van der Waals surface area contributed by atoms with Gasteiger partial charge in [0.25, 0.3) is 0 Å². The SMILES string of the molecule is N#Cc1ccnc(OCCN2CCCC2)c1Cl. The van der Waals surface area contributed by atoms with Gasteiger partial charge in [0.2, 0.25) is 5.88 Å². The van der Waals surface area contributed by atoms with Crippen molar-refractivity contribution >= 4 is 11.6 Å². The Hall–Kier alpha value is -1.31. The summed E-state index contributed by atoms with van der Waals surface area (Å²) >= 11 is 5.98. The highest BCUT2D eigenvalue weighted by Gasteiger charge is 2.12. The second-order valence-electron chi connectivity index (χ2n) is 3.99. The van der Waals surface area contributed by atoms with E-state index in [9.17, 15) is 0 Å². The fraction of sp³-hybridized carbons (Fsp3) is 0.500. The summed E-state index contributed by atoms with van der Waals surface area (Å²) in [5.41, 5.74) is 0.401. The van der Waals surface area contributed by atoms with Crippen molar-refractivity contribution in [2.75, 3.05) is 26.2 Å². The Morgan fingerprint density at radius 1 is 1.47 bits per heavy atom. The Labute approximate surface area is 106 Å². The zero-order chi connectivity index (χ0) is 12.1. The molecule has 0 bridgehead atoms. The molecule has 0 amide bonds. The van der Waals surface area contributed by atoms with Crippen LogP contribution in [0.3, 0.4) is 0 Å². The van der Waals surface area contributed by atoms with Crippen LogP contribution in [0, 0.1) is 11.3 Å². The van der Waals surface area contributed by atoms with Crippen molar-refractivity contribution in [3.8, 4) is 11.9 Å². The fourth-order valence-corrected chi connectivity index (χ4v) is 2.10. The Morgan fingerprint density at radius 3 is 2.94 bits per heavy atom. The van der Waals surface area contributed by atoms with Crippen molar-refractivity contribution in [1.29, 1.82) is 5.26 Å². The normalized spacial score (nSPS) is 15.8. The summed E-state index contributed by atoms with van der Waals surface area (Å²) in [4.78, 5) is 6.38. The molecule has 0 atom stereocenters. The lowest BCUT2D eigenvalue weighted by Gasteiger charge is -2.14. The summed E-state index contributed by atoms with van der Waals surface area (Å²) < 4.78 is 5.51.